The van der Waals surface area contributed by atoms with E-state index in [0.29, 0.717) is 11.5 Å². The molecule has 0 amide bonds. The van der Waals surface area contributed by atoms with Gasteiger partial charge in [-0.2, -0.15) is 0 Å². The highest BCUT2D eigenvalue weighted by atomic mass is 16.5. The van der Waals surface area contributed by atoms with Crippen molar-refractivity contribution in [1.29, 1.82) is 0 Å². The number of methoxy groups -OCH3 is 2. The molecule has 1 aromatic rings. The summed E-state index contributed by atoms with van der Waals surface area (Å²) < 4.78 is 15.4. The molecule has 5 heteroatoms. The molecular weight excluding hydrogens is 272 g/mol. The Bertz CT molecular complexity index is 540. The number of hydrogen-bond donors (Lipinski definition) is 0. The highest BCUT2D eigenvalue weighted by molar-refractivity contribution is 6.41. The number of ketones is 1. The third kappa shape index (κ3) is 3.74. The van der Waals surface area contributed by atoms with Gasteiger partial charge in [0.1, 0.15) is 11.5 Å². The van der Waals surface area contributed by atoms with Crippen LogP contribution in [0.25, 0.3) is 0 Å². The number of Topliss-reactive ketones (excluding diaryl/α,β-unsaturated/α-hetero) is 1. The van der Waals surface area contributed by atoms with Crippen molar-refractivity contribution in [3.63, 3.8) is 0 Å². The maximum absolute atomic E-state index is 12.3. The molecule has 21 heavy (non-hydrogen) atoms. The van der Waals surface area contributed by atoms with E-state index in [-0.39, 0.29) is 17.6 Å². The van der Waals surface area contributed by atoms with Crippen LogP contribution in [-0.2, 0) is 14.9 Å². The van der Waals surface area contributed by atoms with Crippen molar-refractivity contribution in [2.75, 3.05) is 20.8 Å². The number of ether oxygens (including phenoxy) is 3. The van der Waals surface area contributed by atoms with E-state index in [1.807, 2.05) is 20.8 Å². The SMILES string of the molecule is CCOC(=O)C(=O)c1cc(OC)cc(C(C)(C)C)c1OC. The zero-order chi connectivity index (χ0) is 16.2. The molecule has 0 N–H and O–H groups in total. The maximum atomic E-state index is 12.3. The van der Waals surface area contributed by atoms with Crippen molar-refractivity contribution in [1.82, 2.24) is 0 Å². The van der Waals surface area contributed by atoms with Crippen LogP contribution in [0.5, 0.6) is 11.5 Å². The van der Waals surface area contributed by atoms with Gasteiger partial charge in [-0.25, -0.2) is 4.79 Å². The summed E-state index contributed by atoms with van der Waals surface area (Å²) in [5.41, 5.74) is 0.668. The first-order valence-electron chi connectivity index (χ1n) is 6.74. The van der Waals surface area contributed by atoms with E-state index >= 15 is 0 Å². The molecule has 0 heterocycles. The second kappa shape index (κ2) is 6.61. The summed E-state index contributed by atoms with van der Waals surface area (Å²) in [5, 5.41) is 0. The quantitative estimate of drug-likeness (QED) is 0.475. The summed E-state index contributed by atoms with van der Waals surface area (Å²) in [6.45, 7) is 7.76. The van der Waals surface area contributed by atoms with E-state index in [9.17, 15) is 9.59 Å². The Balaban J connectivity index is 3.49. The molecule has 0 spiro atoms. The topological polar surface area (TPSA) is 61.8 Å². The predicted molar refractivity (Wildman–Crippen MR) is 79.2 cm³/mol. The van der Waals surface area contributed by atoms with Crippen LogP contribution in [-0.4, -0.2) is 32.6 Å². The normalized spacial score (nSPS) is 11.0. The summed E-state index contributed by atoms with van der Waals surface area (Å²) >= 11 is 0. The van der Waals surface area contributed by atoms with E-state index in [4.69, 9.17) is 14.2 Å². The number of carbonyl (C=O) groups excluding carboxylic acids is 2. The Morgan fingerprint density at radius 1 is 1.10 bits per heavy atom. The molecule has 0 atom stereocenters. The smallest absolute Gasteiger partial charge is 0.379 e. The standard InChI is InChI=1S/C16H22O5/c1-7-21-15(18)13(17)11-8-10(19-5)9-12(14(11)20-6)16(2,3)4/h8-9H,7H2,1-6H3. The van der Waals surface area contributed by atoms with Gasteiger partial charge in [-0.1, -0.05) is 20.8 Å². The van der Waals surface area contributed by atoms with Crippen LogP contribution in [0.15, 0.2) is 12.1 Å². The molecule has 0 aliphatic carbocycles. The van der Waals surface area contributed by atoms with Crippen LogP contribution >= 0.6 is 0 Å². The van der Waals surface area contributed by atoms with E-state index < -0.39 is 11.8 Å². The number of carbonyl (C=O) groups is 2. The molecule has 0 bridgehead atoms. The maximum Gasteiger partial charge on any atom is 0.379 e. The minimum Gasteiger partial charge on any atom is -0.497 e. The van der Waals surface area contributed by atoms with Crippen molar-refractivity contribution < 1.29 is 23.8 Å². The van der Waals surface area contributed by atoms with E-state index in [0.717, 1.165) is 5.56 Å². The number of rotatable bonds is 5. The molecule has 0 fully saturated rings. The molecule has 0 unspecified atom stereocenters. The van der Waals surface area contributed by atoms with Gasteiger partial charge in [0.2, 0.25) is 0 Å². The highest BCUT2D eigenvalue weighted by Crippen LogP contribution is 2.37. The zero-order valence-electron chi connectivity index (χ0n) is 13.4. The van der Waals surface area contributed by atoms with Gasteiger partial charge in [0.05, 0.1) is 26.4 Å². The van der Waals surface area contributed by atoms with Gasteiger partial charge >= 0.3 is 5.97 Å². The zero-order valence-corrected chi connectivity index (χ0v) is 13.4. The third-order valence-electron chi connectivity index (χ3n) is 3.02. The first-order valence-corrected chi connectivity index (χ1v) is 6.74. The summed E-state index contributed by atoms with van der Waals surface area (Å²) in [6, 6.07) is 3.30. The van der Waals surface area contributed by atoms with Gasteiger partial charge < -0.3 is 14.2 Å². The van der Waals surface area contributed by atoms with E-state index in [1.165, 1.54) is 20.3 Å². The second-order valence-corrected chi connectivity index (χ2v) is 5.56. The summed E-state index contributed by atoms with van der Waals surface area (Å²) in [4.78, 5) is 24.0. The van der Waals surface area contributed by atoms with E-state index in [2.05, 4.69) is 0 Å². The van der Waals surface area contributed by atoms with Gasteiger partial charge in [0.25, 0.3) is 5.78 Å². The van der Waals surface area contributed by atoms with Crippen LogP contribution in [0, 0.1) is 0 Å². The molecule has 0 saturated heterocycles. The van der Waals surface area contributed by atoms with Gasteiger partial charge in [0, 0.05) is 5.56 Å². The summed E-state index contributed by atoms with van der Waals surface area (Å²) in [7, 11) is 2.98. The second-order valence-electron chi connectivity index (χ2n) is 5.56. The van der Waals surface area contributed by atoms with Crippen molar-refractivity contribution in [3.05, 3.63) is 23.3 Å². The molecule has 0 aliphatic rings. The number of esters is 1. The lowest BCUT2D eigenvalue weighted by molar-refractivity contribution is -0.137. The van der Waals surface area contributed by atoms with Crippen molar-refractivity contribution >= 4 is 11.8 Å². The van der Waals surface area contributed by atoms with Crippen molar-refractivity contribution in [3.8, 4) is 11.5 Å². The monoisotopic (exact) mass is 294 g/mol. The molecule has 0 aliphatic heterocycles. The Morgan fingerprint density at radius 3 is 2.14 bits per heavy atom. The predicted octanol–water partition coefficient (Wildman–Crippen LogP) is 2.75. The minimum absolute atomic E-state index is 0.142. The fourth-order valence-corrected chi connectivity index (χ4v) is 1.97. The molecule has 1 aromatic carbocycles. The Hall–Kier alpha value is -2.04. The fraction of sp³-hybridized carbons (Fsp3) is 0.500. The Labute approximate surface area is 125 Å². The Kier molecular flexibility index (Phi) is 5.35. The molecule has 0 radical (unpaired) electrons. The molecule has 1 rings (SSSR count). The van der Waals surface area contributed by atoms with Crippen LogP contribution in [0.1, 0.15) is 43.6 Å². The average Bonchev–Trinajstić information content (AvgIpc) is 2.44. The van der Waals surface area contributed by atoms with Crippen LogP contribution in [0.2, 0.25) is 0 Å². The van der Waals surface area contributed by atoms with Gasteiger partial charge in [0.15, 0.2) is 0 Å². The van der Waals surface area contributed by atoms with Gasteiger partial charge in [-0.3, -0.25) is 4.79 Å². The minimum atomic E-state index is -0.899. The number of hydrogen-bond acceptors (Lipinski definition) is 5. The molecular formula is C16H22O5. The van der Waals surface area contributed by atoms with Crippen LogP contribution < -0.4 is 9.47 Å². The molecule has 0 aromatic heterocycles. The lowest BCUT2D eigenvalue weighted by atomic mass is 9.84. The number of benzene rings is 1. The first-order chi connectivity index (χ1) is 9.76. The average molecular weight is 294 g/mol. The lowest BCUT2D eigenvalue weighted by Crippen LogP contribution is -2.21. The first kappa shape index (κ1) is 17.0. The Morgan fingerprint density at radius 2 is 1.71 bits per heavy atom. The molecule has 5 nitrogen and oxygen atoms in total. The molecule has 116 valence electrons. The largest absolute Gasteiger partial charge is 0.497 e. The van der Waals surface area contributed by atoms with Crippen LogP contribution in [0.4, 0.5) is 0 Å². The lowest BCUT2D eigenvalue weighted by Gasteiger charge is -2.24. The molecule has 0 saturated carbocycles. The van der Waals surface area contributed by atoms with Crippen LogP contribution in [0.3, 0.4) is 0 Å². The van der Waals surface area contributed by atoms with Gasteiger partial charge in [-0.05, 0) is 24.5 Å². The highest BCUT2D eigenvalue weighted by Gasteiger charge is 2.28. The summed E-state index contributed by atoms with van der Waals surface area (Å²) in [6.07, 6.45) is 0. The van der Waals surface area contributed by atoms with Crippen molar-refractivity contribution in [2.24, 2.45) is 0 Å². The van der Waals surface area contributed by atoms with Gasteiger partial charge in [-0.15, -0.1) is 0 Å². The third-order valence-corrected chi connectivity index (χ3v) is 3.02. The van der Waals surface area contributed by atoms with E-state index in [1.54, 1.807) is 13.0 Å². The summed E-state index contributed by atoms with van der Waals surface area (Å²) in [5.74, 6) is -0.767. The van der Waals surface area contributed by atoms with Crippen molar-refractivity contribution in [2.45, 2.75) is 33.1 Å². The fourth-order valence-electron chi connectivity index (χ4n) is 1.97.